The van der Waals surface area contributed by atoms with Crippen LogP contribution in [0.15, 0.2) is 30.3 Å². The zero-order valence-corrected chi connectivity index (χ0v) is 12.6. The van der Waals surface area contributed by atoms with E-state index in [-0.39, 0.29) is 37.7 Å². The van der Waals surface area contributed by atoms with Gasteiger partial charge in [-0.05, 0) is 36.6 Å². The second-order valence-electron chi connectivity index (χ2n) is 5.46. The molecule has 1 N–H and O–H groups in total. The lowest BCUT2D eigenvalue weighted by Crippen LogP contribution is -2.49. The Morgan fingerprint density at radius 2 is 1.71 bits per heavy atom. The number of amides is 2. The van der Waals surface area contributed by atoms with Crippen LogP contribution in [0.3, 0.4) is 0 Å². The van der Waals surface area contributed by atoms with Gasteiger partial charge in [0.25, 0.3) is 0 Å². The molecule has 1 fully saturated rings. The number of benzene rings is 1. The monoisotopic (exact) mass is 344 g/mol. The summed E-state index contributed by atoms with van der Waals surface area (Å²) in [5, 5.41) is 1.93. The maximum atomic E-state index is 12.8. The largest absolute Gasteiger partial charge is 0.471 e. The average Bonchev–Trinajstić information content (AvgIpc) is 2.54. The Labute approximate surface area is 136 Å². The van der Waals surface area contributed by atoms with Gasteiger partial charge >= 0.3 is 12.1 Å². The number of alkyl halides is 3. The molecule has 0 atom stereocenters. The van der Waals surface area contributed by atoms with Crippen molar-refractivity contribution in [2.24, 2.45) is 0 Å². The Morgan fingerprint density at radius 1 is 1.12 bits per heavy atom. The van der Waals surface area contributed by atoms with E-state index in [9.17, 15) is 27.2 Å². The number of carbonyl (C=O) groups is 2. The molecule has 0 aromatic heterocycles. The molecule has 1 aliphatic rings. The summed E-state index contributed by atoms with van der Waals surface area (Å²) < 4.78 is 49.3. The van der Waals surface area contributed by atoms with Crippen LogP contribution >= 0.6 is 0 Å². The van der Waals surface area contributed by atoms with E-state index in [0.29, 0.717) is 5.56 Å². The van der Waals surface area contributed by atoms with Gasteiger partial charge in [0.1, 0.15) is 5.82 Å². The molecule has 0 saturated carbocycles. The number of hydrogen-bond acceptors (Lipinski definition) is 2. The Morgan fingerprint density at radius 3 is 2.25 bits per heavy atom. The van der Waals surface area contributed by atoms with Crippen molar-refractivity contribution in [3.05, 3.63) is 41.7 Å². The highest BCUT2D eigenvalue weighted by Crippen LogP contribution is 2.17. The fourth-order valence-electron chi connectivity index (χ4n) is 2.36. The molecule has 0 aliphatic carbocycles. The minimum atomic E-state index is -4.90. The summed E-state index contributed by atoms with van der Waals surface area (Å²) in [5.74, 6) is -2.61. The van der Waals surface area contributed by atoms with Crippen LogP contribution in [-0.4, -0.2) is 42.0 Å². The van der Waals surface area contributed by atoms with Crippen molar-refractivity contribution < 1.29 is 27.2 Å². The lowest BCUT2D eigenvalue weighted by molar-refractivity contribution is -0.174. The van der Waals surface area contributed by atoms with E-state index < -0.39 is 18.1 Å². The molecule has 0 radical (unpaired) electrons. The van der Waals surface area contributed by atoms with E-state index >= 15 is 0 Å². The van der Waals surface area contributed by atoms with E-state index in [2.05, 4.69) is 0 Å². The van der Waals surface area contributed by atoms with Gasteiger partial charge < -0.3 is 10.2 Å². The summed E-state index contributed by atoms with van der Waals surface area (Å²) in [6.07, 6.45) is -1.50. The first kappa shape index (κ1) is 18.0. The molecule has 2 rings (SSSR count). The molecule has 1 saturated heterocycles. The van der Waals surface area contributed by atoms with Crippen LogP contribution in [0.2, 0.25) is 0 Å². The zero-order chi connectivity index (χ0) is 17.7. The third kappa shape index (κ3) is 5.07. The molecule has 1 aliphatic heterocycles. The van der Waals surface area contributed by atoms with Gasteiger partial charge in [0.2, 0.25) is 5.91 Å². The van der Waals surface area contributed by atoms with Gasteiger partial charge in [-0.1, -0.05) is 12.1 Å². The number of likely N-dealkylation sites (tertiary alicyclic amines) is 1. The molecule has 1 aromatic carbocycles. The average molecular weight is 344 g/mol. The van der Waals surface area contributed by atoms with Gasteiger partial charge in [0, 0.05) is 25.2 Å². The Bertz CT molecular complexity index is 618. The minimum Gasteiger partial charge on any atom is -0.345 e. The van der Waals surface area contributed by atoms with Crippen molar-refractivity contribution in [3.8, 4) is 0 Å². The van der Waals surface area contributed by atoms with E-state index in [1.807, 2.05) is 5.32 Å². The quantitative estimate of drug-likeness (QED) is 0.677. The molecule has 4 nitrogen and oxygen atoms in total. The van der Waals surface area contributed by atoms with E-state index in [1.54, 1.807) is 6.08 Å². The van der Waals surface area contributed by atoms with Crippen LogP contribution in [-0.2, 0) is 9.59 Å². The second-order valence-corrected chi connectivity index (χ2v) is 5.46. The number of hydrogen-bond donors (Lipinski definition) is 1. The zero-order valence-electron chi connectivity index (χ0n) is 12.6. The summed E-state index contributed by atoms with van der Waals surface area (Å²) in [6, 6.07) is 5.01. The van der Waals surface area contributed by atoms with Crippen LogP contribution in [0.1, 0.15) is 18.4 Å². The maximum absolute atomic E-state index is 12.8. The van der Waals surface area contributed by atoms with E-state index in [1.165, 1.54) is 35.2 Å². The molecular weight excluding hydrogens is 328 g/mol. The Balaban J connectivity index is 1.82. The molecule has 24 heavy (non-hydrogen) atoms. The summed E-state index contributed by atoms with van der Waals surface area (Å²) in [5.41, 5.74) is 0.664. The van der Waals surface area contributed by atoms with Crippen molar-refractivity contribution in [2.75, 3.05) is 13.1 Å². The van der Waals surface area contributed by atoms with Crippen LogP contribution in [0.4, 0.5) is 17.6 Å². The van der Waals surface area contributed by atoms with Crippen molar-refractivity contribution in [2.45, 2.75) is 25.1 Å². The molecule has 0 spiro atoms. The second kappa shape index (κ2) is 7.46. The minimum absolute atomic E-state index is 0.259. The van der Waals surface area contributed by atoms with Crippen LogP contribution in [0.25, 0.3) is 6.08 Å². The predicted octanol–water partition coefficient (Wildman–Crippen LogP) is 2.51. The summed E-state index contributed by atoms with van der Waals surface area (Å²) in [6.45, 7) is 0.519. The van der Waals surface area contributed by atoms with Crippen molar-refractivity contribution in [1.29, 1.82) is 0 Å². The normalized spacial score (nSPS) is 16.4. The van der Waals surface area contributed by atoms with Gasteiger partial charge in [-0.25, -0.2) is 4.39 Å². The number of halogens is 4. The number of nitrogens with one attached hydrogen (secondary N) is 1. The topological polar surface area (TPSA) is 49.4 Å². The van der Waals surface area contributed by atoms with Crippen molar-refractivity contribution >= 4 is 17.9 Å². The standard InChI is InChI=1S/C16H16F4N2O2/c17-12-4-1-11(2-5-12)3-6-14(23)22-9-7-13(8-10-22)21-15(24)16(18,19)20/h1-6,13H,7-10H2,(H,21,24)/b6-3+. The molecule has 0 bridgehead atoms. The van der Waals surface area contributed by atoms with Crippen LogP contribution in [0.5, 0.6) is 0 Å². The molecule has 1 heterocycles. The molecule has 1 aromatic rings. The third-order valence-corrected chi connectivity index (χ3v) is 3.69. The van der Waals surface area contributed by atoms with Gasteiger partial charge in [-0.3, -0.25) is 9.59 Å². The molecule has 130 valence electrons. The van der Waals surface area contributed by atoms with Crippen molar-refractivity contribution in [3.63, 3.8) is 0 Å². The van der Waals surface area contributed by atoms with Gasteiger partial charge in [0.05, 0.1) is 0 Å². The highest BCUT2D eigenvalue weighted by atomic mass is 19.4. The smallest absolute Gasteiger partial charge is 0.345 e. The van der Waals surface area contributed by atoms with E-state index in [0.717, 1.165) is 0 Å². The lowest BCUT2D eigenvalue weighted by atomic mass is 10.0. The Hall–Kier alpha value is -2.38. The molecule has 0 unspecified atom stereocenters. The van der Waals surface area contributed by atoms with Crippen LogP contribution in [0, 0.1) is 5.82 Å². The first-order valence-corrected chi connectivity index (χ1v) is 7.36. The maximum Gasteiger partial charge on any atom is 0.471 e. The first-order valence-electron chi connectivity index (χ1n) is 7.36. The molecule has 8 heteroatoms. The summed E-state index contributed by atoms with van der Waals surface area (Å²) >= 11 is 0. The number of piperidine rings is 1. The number of carbonyl (C=O) groups excluding carboxylic acids is 2. The third-order valence-electron chi connectivity index (χ3n) is 3.69. The van der Waals surface area contributed by atoms with Gasteiger partial charge in [-0.2, -0.15) is 13.2 Å². The predicted molar refractivity (Wildman–Crippen MR) is 79.2 cm³/mol. The molecule has 2 amide bonds. The molecular formula is C16H16F4N2O2. The fourth-order valence-corrected chi connectivity index (χ4v) is 2.36. The summed E-state index contributed by atoms with van der Waals surface area (Å²) in [4.78, 5) is 24.4. The highest BCUT2D eigenvalue weighted by molar-refractivity contribution is 5.91. The van der Waals surface area contributed by atoms with E-state index in [4.69, 9.17) is 0 Å². The fraction of sp³-hybridized carbons (Fsp3) is 0.375. The number of nitrogens with zero attached hydrogens (tertiary/aromatic N) is 1. The Kier molecular flexibility index (Phi) is 5.58. The van der Waals surface area contributed by atoms with Gasteiger partial charge in [0.15, 0.2) is 0 Å². The first-order chi connectivity index (χ1) is 11.3. The van der Waals surface area contributed by atoms with Crippen molar-refractivity contribution in [1.82, 2.24) is 10.2 Å². The lowest BCUT2D eigenvalue weighted by Gasteiger charge is -2.31. The van der Waals surface area contributed by atoms with Crippen LogP contribution < -0.4 is 5.32 Å². The SMILES string of the molecule is O=C(/C=C/c1ccc(F)cc1)N1CCC(NC(=O)C(F)(F)F)CC1. The highest BCUT2D eigenvalue weighted by Gasteiger charge is 2.40. The summed E-state index contributed by atoms with van der Waals surface area (Å²) in [7, 11) is 0. The number of rotatable bonds is 3. The van der Waals surface area contributed by atoms with Gasteiger partial charge in [-0.15, -0.1) is 0 Å².